The first kappa shape index (κ1) is 26.6. The Labute approximate surface area is 213 Å². The van der Waals surface area contributed by atoms with Gasteiger partial charge in [0.25, 0.3) is 5.91 Å². The molecule has 3 rings (SSSR count). The molecule has 3 aromatic rings. The number of nitrogens with zero attached hydrogens (tertiary/aromatic N) is 2. The largest absolute Gasteiger partial charge is 0.486 e. The lowest BCUT2D eigenvalue weighted by molar-refractivity contribution is -0.128. The number of rotatable bonds is 6. The Morgan fingerprint density at radius 1 is 1.03 bits per heavy atom. The van der Waals surface area contributed by atoms with Crippen LogP contribution in [0.25, 0.3) is 11.1 Å². The van der Waals surface area contributed by atoms with Gasteiger partial charge in [-0.15, -0.1) is 0 Å². The van der Waals surface area contributed by atoms with Crippen LogP contribution >= 0.6 is 0 Å². The second-order valence-electron chi connectivity index (χ2n) is 11.0. The monoisotopic (exact) mass is 483 g/mol. The quantitative estimate of drug-likeness (QED) is 0.434. The molecule has 0 radical (unpaired) electrons. The summed E-state index contributed by atoms with van der Waals surface area (Å²) in [6.45, 7) is 13.6. The Bertz CT molecular complexity index is 1340. The van der Waals surface area contributed by atoms with E-state index < -0.39 is 5.41 Å². The van der Waals surface area contributed by atoms with E-state index in [0.717, 1.165) is 22.4 Å². The van der Waals surface area contributed by atoms with Gasteiger partial charge in [-0.2, -0.15) is 5.26 Å². The zero-order valence-corrected chi connectivity index (χ0v) is 22.0. The Morgan fingerprint density at radius 2 is 1.75 bits per heavy atom. The first-order valence-electron chi connectivity index (χ1n) is 11.9. The number of hydrogen-bond acceptors (Lipinski definition) is 5. The molecule has 0 fully saturated rings. The van der Waals surface area contributed by atoms with Gasteiger partial charge in [0.05, 0.1) is 23.5 Å². The molecule has 0 saturated heterocycles. The third kappa shape index (κ3) is 6.57. The van der Waals surface area contributed by atoms with Crippen molar-refractivity contribution in [2.45, 2.75) is 53.9 Å². The summed E-state index contributed by atoms with van der Waals surface area (Å²) in [7, 11) is 0. The van der Waals surface area contributed by atoms with E-state index in [0.29, 0.717) is 22.6 Å². The third-order valence-electron chi connectivity index (χ3n) is 5.89. The van der Waals surface area contributed by atoms with Crippen molar-refractivity contribution in [2.75, 3.05) is 11.9 Å². The number of carbonyl (C=O) groups is 2. The molecule has 0 aliphatic rings. The first-order valence-corrected chi connectivity index (χ1v) is 11.9. The van der Waals surface area contributed by atoms with Gasteiger partial charge >= 0.3 is 0 Å². The molecule has 2 aromatic carbocycles. The summed E-state index contributed by atoms with van der Waals surface area (Å²) in [5.41, 5.74) is 4.12. The van der Waals surface area contributed by atoms with E-state index in [4.69, 9.17) is 4.74 Å². The summed E-state index contributed by atoms with van der Waals surface area (Å²) in [6, 6.07) is 16.7. The van der Waals surface area contributed by atoms with Crippen molar-refractivity contribution < 1.29 is 14.3 Å². The number of hydrogen-bond donors (Lipinski definition) is 1. The second kappa shape index (κ2) is 10.3. The SMILES string of the molecule is Cc1ncc(NC(=O)c2cc(C#N)cc(C(C)(C)C)c2)cc1-c1cccc(OCC(=O)C(C)(C)C)c1. The van der Waals surface area contributed by atoms with Crippen LogP contribution in [-0.4, -0.2) is 23.3 Å². The summed E-state index contributed by atoms with van der Waals surface area (Å²) < 4.78 is 5.74. The fourth-order valence-electron chi connectivity index (χ4n) is 3.47. The van der Waals surface area contributed by atoms with Crippen molar-refractivity contribution in [3.63, 3.8) is 0 Å². The van der Waals surface area contributed by atoms with Crippen molar-refractivity contribution in [1.29, 1.82) is 5.26 Å². The molecule has 36 heavy (non-hydrogen) atoms. The summed E-state index contributed by atoms with van der Waals surface area (Å²) >= 11 is 0. The summed E-state index contributed by atoms with van der Waals surface area (Å²) in [6.07, 6.45) is 1.61. The molecule has 186 valence electrons. The molecule has 1 heterocycles. The van der Waals surface area contributed by atoms with Crippen molar-refractivity contribution in [2.24, 2.45) is 5.41 Å². The molecule has 6 nitrogen and oxygen atoms in total. The number of aryl methyl sites for hydroxylation is 1. The lowest BCUT2D eigenvalue weighted by atomic mass is 9.85. The molecule has 0 unspecified atom stereocenters. The van der Waals surface area contributed by atoms with Crippen LogP contribution in [0.3, 0.4) is 0 Å². The van der Waals surface area contributed by atoms with E-state index in [1.807, 2.05) is 90.9 Å². The summed E-state index contributed by atoms with van der Waals surface area (Å²) in [5, 5.41) is 12.3. The average molecular weight is 484 g/mol. The van der Waals surface area contributed by atoms with Crippen LogP contribution in [0.15, 0.2) is 54.7 Å². The number of nitrogens with one attached hydrogen (secondary N) is 1. The molecular formula is C30H33N3O3. The highest BCUT2D eigenvalue weighted by molar-refractivity contribution is 6.04. The van der Waals surface area contributed by atoms with Gasteiger partial charge in [-0.3, -0.25) is 14.6 Å². The Kier molecular flexibility index (Phi) is 7.64. The standard InChI is InChI=1S/C30H33N3O3/c1-19-26(21-9-8-10-25(14-21)36-18-27(34)30(5,6)7)15-24(17-32-19)33-28(35)22-11-20(16-31)12-23(13-22)29(2,3)4/h8-15,17H,18H2,1-7H3,(H,33,35). The maximum atomic E-state index is 13.1. The van der Waals surface area contributed by atoms with Crippen molar-refractivity contribution in [3.05, 3.63) is 77.1 Å². The lowest BCUT2D eigenvalue weighted by Gasteiger charge is -2.20. The smallest absolute Gasteiger partial charge is 0.255 e. The van der Waals surface area contributed by atoms with E-state index in [9.17, 15) is 14.9 Å². The van der Waals surface area contributed by atoms with Gasteiger partial charge in [0.15, 0.2) is 5.78 Å². The number of pyridine rings is 1. The summed E-state index contributed by atoms with van der Waals surface area (Å²) in [5.74, 6) is 0.291. The number of benzene rings is 2. The maximum absolute atomic E-state index is 13.1. The number of Topliss-reactive ketones (excluding diaryl/α,β-unsaturated/α-hetero) is 1. The molecule has 1 N–H and O–H groups in total. The number of carbonyl (C=O) groups excluding carboxylic acids is 2. The van der Waals surface area contributed by atoms with E-state index in [1.54, 1.807) is 12.3 Å². The minimum Gasteiger partial charge on any atom is -0.486 e. The second-order valence-corrected chi connectivity index (χ2v) is 11.0. The van der Waals surface area contributed by atoms with E-state index in [1.165, 1.54) is 0 Å². The van der Waals surface area contributed by atoms with Gasteiger partial charge in [0.1, 0.15) is 12.4 Å². The minimum atomic E-state index is -0.467. The number of ketones is 1. The van der Waals surface area contributed by atoms with Crippen molar-refractivity contribution in [3.8, 4) is 22.9 Å². The number of amides is 1. The number of aromatic nitrogens is 1. The van der Waals surface area contributed by atoms with Crippen LogP contribution in [0.5, 0.6) is 5.75 Å². The maximum Gasteiger partial charge on any atom is 0.255 e. The fraction of sp³-hybridized carbons (Fsp3) is 0.333. The fourth-order valence-corrected chi connectivity index (χ4v) is 3.47. The van der Waals surface area contributed by atoms with Crippen LogP contribution < -0.4 is 10.1 Å². The molecule has 1 amide bonds. The summed E-state index contributed by atoms with van der Waals surface area (Å²) in [4.78, 5) is 29.8. The Morgan fingerprint density at radius 3 is 2.39 bits per heavy atom. The Hall–Kier alpha value is -3.98. The van der Waals surface area contributed by atoms with E-state index in [-0.39, 0.29) is 23.7 Å². The molecular weight excluding hydrogens is 450 g/mol. The lowest BCUT2D eigenvalue weighted by Crippen LogP contribution is -2.26. The van der Waals surface area contributed by atoms with E-state index in [2.05, 4.69) is 16.4 Å². The number of nitriles is 1. The van der Waals surface area contributed by atoms with Gasteiger partial charge in [0, 0.05) is 22.2 Å². The predicted octanol–water partition coefficient (Wildman–Crippen LogP) is 6.47. The molecule has 1 aromatic heterocycles. The first-order chi connectivity index (χ1) is 16.8. The number of anilines is 1. The molecule has 0 saturated carbocycles. The van der Waals surface area contributed by atoms with Gasteiger partial charge in [0.2, 0.25) is 0 Å². The van der Waals surface area contributed by atoms with Gasteiger partial charge in [-0.05, 0) is 59.9 Å². The highest BCUT2D eigenvalue weighted by Gasteiger charge is 2.22. The molecule has 0 aliphatic carbocycles. The highest BCUT2D eigenvalue weighted by atomic mass is 16.5. The molecule has 6 heteroatoms. The average Bonchev–Trinajstić information content (AvgIpc) is 2.82. The van der Waals surface area contributed by atoms with Gasteiger partial charge in [-0.1, -0.05) is 53.7 Å². The van der Waals surface area contributed by atoms with Crippen LogP contribution in [0.4, 0.5) is 5.69 Å². The van der Waals surface area contributed by atoms with Crippen molar-refractivity contribution >= 4 is 17.4 Å². The van der Waals surface area contributed by atoms with Crippen LogP contribution in [0, 0.1) is 23.7 Å². The molecule has 0 bridgehead atoms. The normalized spacial score (nSPS) is 11.5. The molecule has 0 spiro atoms. The highest BCUT2D eigenvalue weighted by Crippen LogP contribution is 2.29. The predicted molar refractivity (Wildman–Crippen MR) is 142 cm³/mol. The van der Waals surface area contributed by atoms with Crippen LogP contribution in [-0.2, 0) is 10.2 Å². The van der Waals surface area contributed by atoms with Gasteiger partial charge in [-0.25, -0.2) is 0 Å². The van der Waals surface area contributed by atoms with Crippen LogP contribution in [0.1, 0.15) is 68.7 Å². The van der Waals surface area contributed by atoms with Gasteiger partial charge < -0.3 is 10.1 Å². The van der Waals surface area contributed by atoms with Crippen molar-refractivity contribution in [1.82, 2.24) is 4.98 Å². The Balaban J connectivity index is 1.85. The molecule has 0 atom stereocenters. The van der Waals surface area contributed by atoms with Crippen LogP contribution in [0.2, 0.25) is 0 Å². The minimum absolute atomic E-state index is 0.00139. The topological polar surface area (TPSA) is 92.1 Å². The zero-order valence-electron chi connectivity index (χ0n) is 22.0. The zero-order chi connectivity index (χ0) is 26.7. The third-order valence-corrected chi connectivity index (χ3v) is 5.89. The molecule has 0 aliphatic heterocycles. The van der Waals surface area contributed by atoms with E-state index >= 15 is 0 Å². The number of ether oxygens (including phenoxy) is 1.